The summed E-state index contributed by atoms with van der Waals surface area (Å²) in [5.74, 6) is 0. The van der Waals surface area contributed by atoms with Crippen LogP contribution in [-0.2, 0) is 16.3 Å². The highest BCUT2D eigenvalue weighted by Crippen LogP contribution is 2.28. The predicted molar refractivity (Wildman–Crippen MR) is 41.0 cm³/mol. The standard InChI is InChI=1S/C5H12OPS/c1-4-6-7(8)5(2)3/h5H,4H2,1-3H3/q+1. The van der Waals surface area contributed by atoms with Crippen LogP contribution in [0.15, 0.2) is 0 Å². The highest BCUT2D eigenvalue weighted by molar-refractivity contribution is 8.03. The Morgan fingerprint density at radius 2 is 2.12 bits per heavy atom. The molecule has 0 aromatic rings. The average Bonchev–Trinajstić information content (AvgIpc) is 1.67. The monoisotopic (exact) mass is 151 g/mol. The quantitative estimate of drug-likeness (QED) is 0.572. The van der Waals surface area contributed by atoms with Gasteiger partial charge in [-0.05, 0) is 20.8 Å². The number of hydrogen-bond donors (Lipinski definition) is 0. The maximum Gasteiger partial charge on any atom is 0.339 e. The molecule has 0 spiro atoms. The fourth-order valence-corrected chi connectivity index (χ4v) is 1.15. The summed E-state index contributed by atoms with van der Waals surface area (Å²) < 4.78 is 5.18. The predicted octanol–water partition coefficient (Wildman–Crippen LogP) is 2.29. The zero-order valence-electron chi connectivity index (χ0n) is 5.55. The second-order valence-electron chi connectivity index (χ2n) is 1.80. The largest absolute Gasteiger partial charge is 0.339 e. The van der Waals surface area contributed by atoms with E-state index < -0.39 is 6.92 Å². The minimum Gasteiger partial charge on any atom is -0.168 e. The number of hydrogen-bond acceptors (Lipinski definition) is 2. The molecule has 0 aromatic heterocycles. The summed E-state index contributed by atoms with van der Waals surface area (Å²) in [6.45, 7) is 6.36. The van der Waals surface area contributed by atoms with Gasteiger partial charge in [-0.2, -0.15) is 4.52 Å². The highest BCUT2D eigenvalue weighted by atomic mass is 32.4. The topological polar surface area (TPSA) is 9.23 Å². The first-order valence-electron chi connectivity index (χ1n) is 2.77. The summed E-state index contributed by atoms with van der Waals surface area (Å²) >= 11 is 5.00. The summed E-state index contributed by atoms with van der Waals surface area (Å²) in [6, 6.07) is 0. The lowest BCUT2D eigenvalue weighted by molar-refractivity contribution is 0.384. The van der Waals surface area contributed by atoms with Crippen molar-refractivity contribution in [1.29, 1.82) is 0 Å². The first-order chi connectivity index (χ1) is 3.68. The Labute approximate surface area is 56.9 Å². The third-order valence-electron chi connectivity index (χ3n) is 0.678. The molecule has 8 heavy (non-hydrogen) atoms. The van der Waals surface area contributed by atoms with E-state index >= 15 is 0 Å². The van der Waals surface area contributed by atoms with Crippen LogP contribution in [0.1, 0.15) is 20.8 Å². The van der Waals surface area contributed by atoms with E-state index in [1.54, 1.807) is 0 Å². The SMILES string of the molecule is CCO[P+](=S)C(C)C. The van der Waals surface area contributed by atoms with Crippen molar-refractivity contribution in [1.82, 2.24) is 0 Å². The maximum atomic E-state index is 5.18. The lowest BCUT2D eigenvalue weighted by atomic mass is 10.6. The molecule has 1 nitrogen and oxygen atoms in total. The van der Waals surface area contributed by atoms with Crippen molar-refractivity contribution in [2.75, 3.05) is 6.61 Å². The van der Waals surface area contributed by atoms with Gasteiger partial charge in [-0.3, -0.25) is 0 Å². The van der Waals surface area contributed by atoms with E-state index in [1.807, 2.05) is 6.92 Å². The van der Waals surface area contributed by atoms with Crippen molar-refractivity contribution < 1.29 is 4.52 Å². The van der Waals surface area contributed by atoms with Gasteiger partial charge < -0.3 is 0 Å². The molecule has 0 aliphatic carbocycles. The zero-order chi connectivity index (χ0) is 6.57. The zero-order valence-corrected chi connectivity index (χ0v) is 7.26. The summed E-state index contributed by atoms with van der Waals surface area (Å²) in [6.07, 6.45) is 0. The summed E-state index contributed by atoms with van der Waals surface area (Å²) in [7, 11) is 0. The van der Waals surface area contributed by atoms with E-state index in [4.69, 9.17) is 16.3 Å². The van der Waals surface area contributed by atoms with Crippen LogP contribution in [-0.4, -0.2) is 12.3 Å². The molecule has 0 rings (SSSR count). The van der Waals surface area contributed by atoms with Crippen LogP contribution in [0.2, 0.25) is 0 Å². The van der Waals surface area contributed by atoms with Gasteiger partial charge in [0.15, 0.2) is 17.5 Å². The molecule has 0 fully saturated rings. The third kappa shape index (κ3) is 3.48. The number of rotatable bonds is 3. The van der Waals surface area contributed by atoms with Crippen molar-refractivity contribution in [3.8, 4) is 0 Å². The van der Waals surface area contributed by atoms with E-state index in [2.05, 4.69) is 13.8 Å². The molecule has 1 atom stereocenters. The minimum absolute atomic E-state index is 0.528. The van der Waals surface area contributed by atoms with Crippen LogP contribution in [0.3, 0.4) is 0 Å². The molecule has 0 saturated heterocycles. The molecule has 48 valence electrons. The lowest BCUT2D eigenvalue weighted by Gasteiger charge is -1.89. The summed E-state index contributed by atoms with van der Waals surface area (Å²) in [4.78, 5) is 0. The Kier molecular flexibility index (Phi) is 4.63. The highest BCUT2D eigenvalue weighted by Gasteiger charge is 2.14. The van der Waals surface area contributed by atoms with E-state index in [-0.39, 0.29) is 0 Å². The van der Waals surface area contributed by atoms with Crippen LogP contribution in [0, 0.1) is 0 Å². The molecule has 0 bridgehead atoms. The average molecular weight is 151 g/mol. The van der Waals surface area contributed by atoms with Crippen LogP contribution in [0.25, 0.3) is 0 Å². The van der Waals surface area contributed by atoms with Gasteiger partial charge in [0.05, 0.1) is 6.61 Å². The van der Waals surface area contributed by atoms with Gasteiger partial charge in [0.1, 0.15) is 0 Å². The minimum atomic E-state index is -0.556. The van der Waals surface area contributed by atoms with Crippen molar-refractivity contribution in [2.45, 2.75) is 26.4 Å². The first kappa shape index (κ1) is 8.48. The summed E-state index contributed by atoms with van der Waals surface area (Å²) in [5.41, 5.74) is 0.528. The summed E-state index contributed by atoms with van der Waals surface area (Å²) in [5, 5.41) is 0. The second-order valence-corrected chi connectivity index (χ2v) is 4.74. The smallest absolute Gasteiger partial charge is 0.168 e. The molecule has 0 saturated carbocycles. The van der Waals surface area contributed by atoms with Gasteiger partial charge in [0, 0.05) is 0 Å². The molecular formula is C5H12OPS+. The van der Waals surface area contributed by atoms with Gasteiger partial charge in [-0.15, -0.1) is 0 Å². The third-order valence-corrected chi connectivity index (χ3v) is 3.62. The molecule has 0 N–H and O–H groups in total. The van der Waals surface area contributed by atoms with Gasteiger partial charge in [-0.25, -0.2) is 0 Å². The first-order valence-corrected chi connectivity index (χ1v) is 5.12. The molecule has 0 radical (unpaired) electrons. The molecule has 0 heterocycles. The lowest BCUT2D eigenvalue weighted by Crippen LogP contribution is -1.88. The van der Waals surface area contributed by atoms with Crippen LogP contribution in [0.5, 0.6) is 0 Å². The Morgan fingerprint density at radius 1 is 1.62 bits per heavy atom. The molecule has 0 aliphatic heterocycles. The van der Waals surface area contributed by atoms with Crippen LogP contribution in [0.4, 0.5) is 0 Å². The Hall–Kier alpha value is 0.480. The van der Waals surface area contributed by atoms with Crippen LogP contribution >= 0.6 is 6.92 Å². The van der Waals surface area contributed by atoms with Crippen molar-refractivity contribution in [2.24, 2.45) is 0 Å². The van der Waals surface area contributed by atoms with Crippen molar-refractivity contribution in [3.05, 3.63) is 0 Å². The fourth-order valence-electron chi connectivity index (χ4n) is 0.276. The second kappa shape index (κ2) is 4.37. The van der Waals surface area contributed by atoms with Crippen LogP contribution < -0.4 is 0 Å². The fraction of sp³-hybridized carbons (Fsp3) is 1.00. The normalized spacial score (nSPS) is 12.2. The van der Waals surface area contributed by atoms with Gasteiger partial charge >= 0.3 is 6.92 Å². The van der Waals surface area contributed by atoms with Gasteiger partial charge in [0.2, 0.25) is 0 Å². The van der Waals surface area contributed by atoms with E-state index in [0.717, 1.165) is 6.61 Å². The maximum absolute atomic E-state index is 5.18. The molecular weight excluding hydrogens is 139 g/mol. The molecule has 1 unspecified atom stereocenters. The van der Waals surface area contributed by atoms with Crippen molar-refractivity contribution in [3.63, 3.8) is 0 Å². The Bertz CT molecular complexity index is 82.5. The van der Waals surface area contributed by atoms with E-state index in [1.165, 1.54) is 0 Å². The molecule has 3 heteroatoms. The Balaban J connectivity index is 3.33. The Morgan fingerprint density at radius 3 is 2.25 bits per heavy atom. The molecule has 0 aliphatic rings. The molecule has 0 amide bonds. The van der Waals surface area contributed by atoms with E-state index in [0.29, 0.717) is 5.66 Å². The van der Waals surface area contributed by atoms with E-state index in [9.17, 15) is 0 Å². The van der Waals surface area contributed by atoms with Gasteiger partial charge in [-0.1, -0.05) is 0 Å². The van der Waals surface area contributed by atoms with Gasteiger partial charge in [0.25, 0.3) is 0 Å². The van der Waals surface area contributed by atoms with Crippen molar-refractivity contribution >= 4 is 18.7 Å². The molecule has 0 aromatic carbocycles.